The largest absolute Gasteiger partial charge is 0.325 e. The first-order valence-electron chi connectivity index (χ1n) is 6.98. The van der Waals surface area contributed by atoms with Crippen molar-refractivity contribution < 1.29 is 4.79 Å². The van der Waals surface area contributed by atoms with E-state index in [4.69, 9.17) is 0 Å². The Balaban J connectivity index is 1.72. The van der Waals surface area contributed by atoms with E-state index in [2.05, 4.69) is 20.5 Å². The molecule has 0 spiro atoms. The topological polar surface area (TPSA) is 92.2 Å². The average Bonchev–Trinajstić information content (AvgIpc) is 2.90. The van der Waals surface area contributed by atoms with Crippen molar-refractivity contribution in [1.82, 2.24) is 19.6 Å². The van der Waals surface area contributed by atoms with Crippen LogP contribution < -0.4 is 10.9 Å². The SMILES string of the molecule is Cc1ccccc1NC(=O)CSc1nnc2[nH]c(=O)cc(C)n12. The zero-order valence-corrected chi connectivity index (χ0v) is 13.5. The molecule has 3 rings (SSSR count). The van der Waals surface area contributed by atoms with Crippen LogP contribution in [0.1, 0.15) is 11.3 Å². The van der Waals surface area contributed by atoms with E-state index in [0.717, 1.165) is 16.9 Å². The van der Waals surface area contributed by atoms with Crippen LogP contribution in [-0.2, 0) is 4.79 Å². The minimum Gasteiger partial charge on any atom is -0.325 e. The van der Waals surface area contributed by atoms with Crippen LogP contribution in [-0.4, -0.2) is 31.2 Å². The molecule has 0 saturated heterocycles. The second-order valence-corrected chi connectivity index (χ2v) is 6.01. The summed E-state index contributed by atoms with van der Waals surface area (Å²) in [6.45, 7) is 3.73. The van der Waals surface area contributed by atoms with E-state index in [1.54, 1.807) is 11.3 Å². The Morgan fingerprint density at radius 3 is 2.87 bits per heavy atom. The fourth-order valence-electron chi connectivity index (χ4n) is 2.19. The number of hydrogen-bond acceptors (Lipinski definition) is 5. The number of H-pyrrole nitrogens is 1. The molecule has 0 radical (unpaired) electrons. The van der Waals surface area contributed by atoms with E-state index in [0.29, 0.717) is 10.9 Å². The van der Waals surface area contributed by atoms with Crippen LogP contribution in [0.15, 0.2) is 40.3 Å². The normalized spacial score (nSPS) is 10.9. The third kappa shape index (κ3) is 3.26. The number of benzene rings is 1. The van der Waals surface area contributed by atoms with Gasteiger partial charge in [0.15, 0.2) is 5.16 Å². The summed E-state index contributed by atoms with van der Waals surface area (Å²) in [6.07, 6.45) is 0. The van der Waals surface area contributed by atoms with Crippen LogP contribution in [0.3, 0.4) is 0 Å². The van der Waals surface area contributed by atoms with Gasteiger partial charge in [-0.15, -0.1) is 10.2 Å². The molecule has 0 aliphatic carbocycles. The lowest BCUT2D eigenvalue weighted by Crippen LogP contribution is -2.15. The van der Waals surface area contributed by atoms with Crippen LogP contribution in [0.25, 0.3) is 5.78 Å². The van der Waals surface area contributed by atoms with Crippen molar-refractivity contribution in [3.63, 3.8) is 0 Å². The fraction of sp³-hybridized carbons (Fsp3) is 0.200. The molecule has 2 heterocycles. The molecule has 0 bridgehead atoms. The lowest BCUT2D eigenvalue weighted by Gasteiger charge is -2.07. The predicted octanol–water partition coefficient (Wildman–Crippen LogP) is 1.77. The highest BCUT2D eigenvalue weighted by atomic mass is 32.2. The molecule has 118 valence electrons. The van der Waals surface area contributed by atoms with Gasteiger partial charge in [0.05, 0.1) is 5.75 Å². The van der Waals surface area contributed by atoms with Gasteiger partial charge in [0, 0.05) is 17.4 Å². The number of carbonyl (C=O) groups excluding carboxylic acids is 1. The predicted molar refractivity (Wildman–Crippen MR) is 88.9 cm³/mol. The number of amides is 1. The number of para-hydroxylation sites is 1. The van der Waals surface area contributed by atoms with E-state index in [9.17, 15) is 9.59 Å². The summed E-state index contributed by atoms with van der Waals surface area (Å²) in [5, 5.41) is 11.4. The van der Waals surface area contributed by atoms with Crippen molar-refractivity contribution in [2.24, 2.45) is 0 Å². The summed E-state index contributed by atoms with van der Waals surface area (Å²) in [7, 11) is 0. The standard InChI is InChI=1S/C15H15N5O2S/c1-9-5-3-4-6-11(9)16-13(22)8-23-15-19-18-14-17-12(21)7-10(2)20(14)15/h3-7H,8H2,1-2H3,(H,16,22)(H,17,18,21). The van der Waals surface area contributed by atoms with E-state index >= 15 is 0 Å². The fourth-order valence-corrected chi connectivity index (χ4v) is 2.98. The van der Waals surface area contributed by atoms with E-state index in [1.165, 1.54) is 17.8 Å². The third-order valence-electron chi connectivity index (χ3n) is 3.31. The van der Waals surface area contributed by atoms with Crippen LogP contribution in [0, 0.1) is 13.8 Å². The first-order chi connectivity index (χ1) is 11.0. The maximum atomic E-state index is 12.1. The first kappa shape index (κ1) is 15.3. The molecule has 1 aromatic carbocycles. The maximum Gasteiger partial charge on any atom is 0.252 e. The number of rotatable bonds is 4. The van der Waals surface area contributed by atoms with Gasteiger partial charge in [-0.2, -0.15) is 0 Å². The number of aromatic amines is 1. The number of aryl methyl sites for hydroxylation is 2. The molecule has 0 aliphatic heterocycles. The zero-order chi connectivity index (χ0) is 16.4. The number of fused-ring (bicyclic) bond motifs is 1. The van der Waals surface area contributed by atoms with E-state index in [1.807, 2.05) is 31.2 Å². The second-order valence-electron chi connectivity index (χ2n) is 5.07. The Kier molecular flexibility index (Phi) is 4.16. The summed E-state index contributed by atoms with van der Waals surface area (Å²) in [5.41, 5.74) is 2.30. The van der Waals surface area contributed by atoms with Gasteiger partial charge in [0.2, 0.25) is 11.7 Å². The Hall–Kier alpha value is -2.61. The molecule has 0 aliphatic rings. The summed E-state index contributed by atoms with van der Waals surface area (Å²) in [4.78, 5) is 26.1. The number of aromatic nitrogens is 4. The van der Waals surface area contributed by atoms with Crippen molar-refractivity contribution in [3.05, 3.63) is 51.9 Å². The maximum absolute atomic E-state index is 12.1. The minimum absolute atomic E-state index is 0.122. The van der Waals surface area contributed by atoms with Gasteiger partial charge in [-0.1, -0.05) is 30.0 Å². The van der Waals surface area contributed by atoms with Crippen molar-refractivity contribution in [1.29, 1.82) is 0 Å². The van der Waals surface area contributed by atoms with Gasteiger partial charge >= 0.3 is 0 Å². The minimum atomic E-state index is -0.226. The molecule has 3 aromatic rings. The smallest absolute Gasteiger partial charge is 0.252 e. The first-order valence-corrected chi connectivity index (χ1v) is 7.96. The number of hydrogen-bond donors (Lipinski definition) is 2. The molecule has 7 nitrogen and oxygen atoms in total. The molecule has 23 heavy (non-hydrogen) atoms. The number of nitrogens with zero attached hydrogens (tertiary/aromatic N) is 3. The van der Waals surface area contributed by atoms with Crippen molar-refractivity contribution in [2.75, 3.05) is 11.1 Å². The van der Waals surface area contributed by atoms with Gasteiger partial charge in [0.1, 0.15) is 0 Å². The van der Waals surface area contributed by atoms with Crippen LogP contribution in [0.4, 0.5) is 5.69 Å². The van der Waals surface area contributed by atoms with Gasteiger partial charge in [0.25, 0.3) is 5.56 Å². The summed E-state index contributed by atoms with van der Waals surface area (Å²) >= 11 is 1.27. The monoisotopic (exact) mass is 329 g/mol. The molecule has 2 aromatic heterocycles. The number of anilines is 1. The van der Waals surface area contributed by atoms with Crippen LogP contribution in [0.5, 0.6) is 0 Å². The van der Waals surface area contributed by atoms with E-state index < -0.39 is 0 Å². The summed E-state index contributed by atoms with van der Waals surface area (Å²) in [6, 6.07) is 9.06. The summed E-state index contributed by atoms with van der Waals surface area (Å²) < 4.78 is 1.72. The number of nitrogens with one attached hydrogen (secondary N) is 2. The van der Waals surface area contributed by atoms with Crippen molar-refractivity contribution >= 4 is 29.1 Å². The van der Waals surface area contributed by atoms with E-state index in [-0.39, 0.29) is 17.2 Å². The zero-order valence-electron chi connectivity index (χ0n) is 12.7. The molecule has 0 fully saturated rings. The van der Waals surface area contributed by atoms with Crippen LogP contribution in [0.2, 0.25) is 0 Å². The molecule has 0 unspecified atom stereocenters. The lowest BCUT2D eigenvalue weighted by molar-refractivity contribution is -0.113. The Bertz CT molecular complexity index is 931. The van der Waals surface area contributed by atoms with Gasteiger partial charge in [-0.3, -0.25) is 19.0 Å². The van der Waals surface area contributed by atoms with Crippen molar-refractivity contribution in [2.45, 2.75) is 19.0 Å². The molecule has 8 heteroatoms. The highest BCUT2D eigenvalue weighted by molar-refractivity contribution is 7.99. The number of carbonyl (C=O) groups is 1. The van der Waals surface area contributed by atoms with Crippen molar-refractivity contribution in [3.8, 4) is 0 Å². The molecule has 2 N–H and O–H groups in total. The average molecular weight is 329 g/mol. The molecular formula is C15H15N5O2S. The van der Waals surface area contributed by atoms with Gasteiger partial charge in [-0.25, -0.2) is 0 Å². The molecular weight excluding hydrogens is 314 g/mol. The highest BCUT2D eigenvalue weighted by Crippen LogP contribution is 2.18. The van der Waals surface area contributed by atoms with Gasteiger partial charge < -0.3 is 5.32 Å². The number of thioether (sulfide) groups is 1. The van der Waals surface area contributed by atoms with Gasteiger partial charge in [-0.05, 0) is 25.5 Å². The summed E-state index contributed by atoms with van der Waals surface area (Å²) in [5.74, 6) is 0.452. The Morgan fingerprint density at radius 2 is 2.09 bits per heavy atom. The highest BCUT2D eigenvalue weighted by Gasteiger charge is 2.12. The van der Waals surface area contributed by atoms with Crippen LogP contribution >= 0.6 is 11.8 Å². The second kappa shape index (κ2) is 6.25. The molecule has 0 saturated carbocycles. The molecule has 0 atom stereocenters. The lowest BCUT2D eigenvalue weighted by atomic mass is 10.2. The quantitative estimate of drug-likeness (QED) is 0.712. The Labute approximate surface area is 136 Å². The molecule has 1 amide bonds. The third-order valence-corrected chi connectivity index (χ3v) is 4.24. The Morgan fingerprint density at radius 1 is 1.30 bits per heavy atom.